The lowest BCUT2D eigenvalue weighted by molar-refractivity contribution is -0.232. The Labute approximate surface area is 141 Å². The Morgan fingerprint density at radius 2 is 1.64 bits per heavy atom. The van der Waals surface area contributed by atoms with E-state index in [1.54, 1.807) is 6.07 Å². The van der Waals surface area contributed by atoms with Gasteiger partial charge in [-0.2, -0.15) is 22.7 Å². The number of nitrogens with zero attached hydrogens (tertiary/aromatic N) is 2. The van der Waals surface area contributed by atoms with Gasteiger partial charge in [-0.05, 0) is 5.56 Å². The highest BCUT2D eigenvalue weighted by Gasteiger charge is 2.66. The van der Waals surface area contributed by atoms with Crippen molar-refractivity contribution in [1.82, 2.24) is 5.01 Å². The van der Waals surface area contributed by atoms with E-state index in [9.17, 15) is 34.8 Å². The molecule has 0 aliphatic heterocycles. The van der Waals surface area contributed by atoms with Crippen molar-refractivity contribution in [1.29, 1.82) is 0 Å². The van der Waals surface area contributed by atoms with Crippen LogP contribution in [0.3, 0.4) is 0 Å². The predicted octanol–water partition coefficient (Wildman–Crippen LogP) is 3.05. The third-order valence-corrected chi connectivity index (χ3v) is 4.45. The molecular weight excluding hydrogens is 374 g/mol. The maximum atomic E-state index is 13.9. The van der Waals surface area contributed by atoms with Gasteiger partial charge in [-0.25, -0.2) is 17.2 Å². The maximum absolute atomic E-state index is 13.9. The Kier molecular flexibility index (Phi) is 6.49. The lowest BCUT2D eigenvalue weighted by atomic mass is 10.1. The molecule has 0 amide bonds. The molecule has 0 radical (unpaired) electrons. The highest BCUT2D eigenvalue weighted by molar-refractivity contribution is 7.91. The molecule has 0 heterocycles. The van der Waals surface area contributed by atoms with E-state index in [0.717, 1.165) is 14.1 Å². The summed E-state index contributed by atoms with van der Waals surface area (Å²) < 4.78 is 103. The molecule has 1 aromatic carbocycles. The van der Waals surface area contributed by atoms with Crippen LogP contribution < -0.4 is 0 Å². The number of alkyl halides is 6. The van der Waals surface area contributed by atoms with Gasteiger partial charge in [0.25, 0.3) is 0 Å². The Morgan fingerprint density at radius 1 is 1.12 bits per heavy atom. The highest BCUT2D eigenvalue weighted by Crippen LogP contribution is 2.40. The molecule has 0 aliphatic rings. The summed E-state index contributed by atoms with van der Waals surface area (Å²) in [7, 11) is -2.22. The average molecular weight is 390 g/mol. The van der Waals surface area contributed by atoms with Crippen molar-refractivity contribution >= 4 is 15.5 Å². The molecular formula is C14H16F6N2O2S. The largest absolute Gasteiger partial charge is 0.374 e. The topological polar surface area (TPSA) is 49.7 Å². The van der Waals surface area contributed by atoms with E-state index in [1.165, 1.54) is 24.3 Å². The van der Waals surface area contributed by atoms with Gasteiger partial charge in [0, 0.05) is 14.1 Å². The fraction of sp³-hybridized carbons (Fsp3) is 0.500. The molecule has 25 heavy (non-hydrogen) atoms. The summed E-state index contributed by atoms with van der Waals surface area (Å²) in [6.45, 7) is 0. The summed E-state index contributed by atoms with van der Waals surface area (Å²) in [6.07, 6.45) is -4.69. The van der Waals surface area contributed by atoms with Gasteiger partial charge in [-0.1, -0.05) is 30.3 Å². The van der Waals surface area contributed by atoms with E-state index in [0.29, 0.717) is 5.01 Å². The lowest BCUT2D eigenvalue weighted by Crippen LogP contribution is -2.54. The number of hydrogen-bond acceptors (Lipinski definition) is 4. The molecule has 0 unspecified atom stereocenters. The Morgan fingerprint density at radius 3 is 2.08 bits per heavy atom. The first-order valence-electron chi connectivity index (χ1n) is 6.83. The van der Waals surface area contributed by atoms with Crippen molar-refractivity contribution in [2.45, 2.75) is 24.0 Å². The van der Waals surface area contributed by atoms with Crippen molar-refractivity contribution < 1.29 is 34.8 Å². The van der Waals surface area contributed by atoms with Crippen LogP contribution in [-0.4, -0.2) is 57.3 Å². The minimum Gasteiger partial charge on any atom is -0.303 e. The first-order chi connectivity index (χ1) is 11.3. The van der Waals surface area contributed by atoms with Crippen LogP contribution in [0.15, 0.2) is 35.4 Å². The van der Waals surface area contributed by atoms with Gasteiger partial charge < -0.3 is 5.01 Å². The molecule has 11 heteroatoms. The molecule has 1 aromatic rings. The first kappa shape index (κ1) is 21.3. The molecule has 142 valence electrons. The zero-order valence-corrected chi connectivity index (χ0v) is 14.1. The monoisotopic (exact) mass is 390 g/mol. The average Bonchev–Trinajstić information content (AvgIpc) is 2.45. The molecule has 0 aliphatic carbocycles. The van der Waals surface area contributed by atoms with E-state index in [1.807, 2.05) is 0 Å². The van der Waals surface area contributed by atoms with Crippen LogP contribution in [0.4, 0.5) is 26.3 Å². The quantitative estimate of drug-likeness (QED) is 0.390. The van der Waals surface area contributed by atoms with Gasteiger partial charge in [0.05, 0.1) is 11.5 Å². The normalized spacial score (nSPS) is 14.0. The van der Waals surface area contributed by atoms with Gasteiger partial charge in [0.15, 0.2) is 9.84 Å². The number of benzene rings is 1. The van der Waals surface area contributed by atoms with E-state index in [4.69, 9.17) is 0 Å². The molecule has 0 atom stereocenters. The predicted molar refractivity (Wildman–Crippen MR) is 81.0 cm³/mol. The van der Waals surface area contributed by atoms with Crippen molar-refractivity contribution in [2.24, 2.45) is 5.10 Å². The molecule has 4 nitrogen and oxygen atoms in total. The molecule has 0 spiro atoms. The summed E-state index contributed by atoms with van der Waals surface area (Å²) >= 11 is 0. The van der Waals surface area contributed by atoms with Crippen molar-refractivity contribution in [3.8, 4) is 0 Å². The van der Waals surface area contributed by atoms with Crippen molar-refractivity contribution in [3.63, 3.8) is 0 Å². The SMILES string of the molecule is CN(C)/N=C(/CS(=O)(=O)Cc1ccccc1)C(F)(F)C(F)(F)C(F)F. The van der Waals surface area contributed by atoms with Gasteiger partial charge in [0.1, 0.15) is 5.71 Å². The highest BCUT2D eigenvalue weighted by atomic mass is 32.2. The standard InChI is InChI=1S/C14H16F6N2O2S/c1-22(2)21-11(13(17,18)14(19,20)12(15)16)9-25(23,24)8-10-6-4-3-5-7-10/h3-7,12H,8-9H2,1-2H3/b21-11-. The molecule has 1 rings (SSSR count). The van der Waals surface area contributed by atoms with Crippen LogP contribution in [0.2, 0.25) is 0 Å². The molecule has 0 bridgehead atoms. The van der Waals surface area contributed by atoms with Crippen LogP contribution in [-0.2, 0) is 15.6 Å². The second kappa shape index (κ2) is 7.63. The molecule has 0 aromatic heterocycles. The fourth-order valence-electron chi connectivity index (χ4n) is 1.84. The van der Waals surface area contributed by atoms with Crippen molar-refractivity contribution in [2.75, 3.05) is 19.8 Å². The van der Waals surface area contributed by atoms with Crippen LogP contribution in [0.25, 0.3) is 0 Å². The molecule has 0 saturated carbocycles. The molecule has 0 saturated heterocycles. The van der Waals surface area contributed by atoms with Gasteiger partial charge in [-0.15, -0.1) is 0 Å². The molecule has 0 fully saturated rings. The maximum Gasteiger partial charge on any atom is 0.374 e. The Balaban J connectivity index is 3.21. The summed E-state index contributed by atoms with van der Waals surface area (Å²) in [5.41, 5.74) is -1.62. The number of hydrogen-bond donors (Lipinski definition) is 0. The van der Waals surface area contributed by atoms with Crippen LogP contribution in [0.5, 0.6) is 0 Å². The number of sulfone groups is 1. The van der Waals surface area contributed by atoms with Crippen LogP contribution in [0, 0.1) is 0 Å². The second-order valence-corrected chi connectivity index (χ2v) is 7.47. The summed E-state index contributed by atoms with van der Waals surface area (Å²) in [5.74, 6) is -13.5. The Bertz CT molecular complexity index is 705. The van der Waals surface area contributed by atoms with Gasteiger partial charge in [0.2, 0.25) is 0 Å². The minimum absolute atomic E-state index is 0.232. The number of hydrazone groups is 1. The van der Waals surface area contributed by atoms with E-state index >= 15 is 0 Å². The summed E-state index contributed by atoms with van der Waals surface area (Å²) in [5, 5.41) is 3.67. The fourth-order valence-corrected chi connectivity index (χ4v) is 3.30. The summed E-state index contributed by atoms with van der Waals surface area (Å²) in [6, 6.07) is 7.38. The zero-order valence-electron chi connectivity index (χ0n) is 13.3. The summed E-state index contributed by atoms with van der Waals surface area (Å²) in [4.78, 5) is 0. The van der Waals surface area contributed by atoms with E-state index < -0.39 is 45.3 Å². The van der Waals surface area contributed by atoms with E-state index in [2.05, 4.69) is 5.10 Å². The lowest BCUT2D eigenvalue weighted by Gasteiger charge is -2.27. The third kappa shape index (κ3) is 5.35. The van der Waals surface area contributed by atoms with Gasteiger partial charge >= 0.3 is 18.3 Å². The molecule has 0 N–H and O–H groups in total. The smallest absolute Gasteiger partial charge is 0.303 e. The van der Waals surface area contributed by atoms with Crippen LogP contribution in [0.1, 0.15) is 5.56 Å². The van der Waals surface area contributed by atoms with Crippen molar-refractivity contribution in [3.05, 3.63) is 35.9 Å². The van der Waals surface area contributed by atoms with Gasteiger partial charge in [-0.3, -0.25) is 0 Å². The second-order valence-electron chi connectivity index (χ2n) is 5.41. The zero-order chi connectivity index (χ0) is 19.5. The minimum atomic E-state index is -5.76. The number of halogens is 6. The van der Waals surface area contributed by atoms with E-state index in [-0.39, 0.29) is 5.56 Å². The Hall–Kier alpha value is -1.78. The number of rotatable bonds is 8. The van der Waals surface area contributed by atoms with Crippen LogP contribution >= 0.6 is 0 Å². The first-order valence-corrected chi connectivity index (χ1v) is 8.65. The third-order valence-electron chi connectivity index (χ3n) is 2.96.